The molecule has 0 saturated heterocycles. The summed E-state index contributed by atoms with van der Waals surface area (Å²) in [7, 11) is 2.21. The van der Waals surface area contributed by atoms with Crippen LogP contribution in [0.2, 0.25) is 0 Å². The molecule has 0 aromatic heterocycles. The van der Waals surface area contributed by atoms with Crippen molar-refractivity contribution in [1.82, 2.24) is 5.32 Å². The highest BCUT2D eigenvalue weighted by Gasteiger charge is 2.13. The number of nitrogens with zero attached hydrogens (tertiary/aromatic N) is 1. The van der Waals surface area contributed by atoms with Crippen molar-refractivity contribution < 1.29 is 0 Å². The molecule has 2 heteroatoms. The van der Waals surface area contributed by atoms with Gasteiger partial charge in [0.15, 0.2) is 0 Å². The number of unbranched alkanes of at least 4 members (excludes halogenated alkanes) is 1. The van der Waals surface area contributed by atoms with Crippen molar-refractivity contribution in [2.45, 2.75) is 45.4 Å². The van der Waals surface area contributed by atoms with Crippen LogP contribution in [0.3, 0.4) is 0 Å². The SMILES string of the molecule is CCCNCCCCc1ccc2c(c1)CCCN2C. The van der Waals surface area contributed by atoms with E-state index in [0.29, 0.717) is 0 Å². The number of aryl methyl sites for hydroxylation is 2. The van der Waals surface area contributed by atoms with Crippen molar-refractivity contribution in [3.63, 3.8) is 0 Å². The average molecular weight is 260 g/mol. The molecule has 0 saturated carbocycles. The normalized spacial score (nSPS) is 14.5. The van der Waals surface area contributed by atoms with Gasteiger partial charge in [0.1, 0.15) is 0 Å². The van der Waals surface area contributed by atoms with Gasteiger partial charge < -0.3 is 10.2 Å². The maximum atomic E-state index is 3.47. The molecule has 19 heavy (non-hydrogen) atoms. The van der Waals surface area contributed by atoms with Crippen LogP contribution >= 0.6 is 0 Å². The minimum absolute atomic E-state index is 1.16. The van der Waals surface area contributed by atoms with Gasteiger partial charge in [0.05, 0.1) is 0 Å². The second-order valence-electron chi connectivity index (χ2n) is 5.70. The van der Waals surface area contributed by atoms with Crippen LogP contribution in [-0.2, 0) is 12.8 Å². The van der Waals surface area contributed by atoms with Gasteiger partial charge in [0, 0.05) is 19.3 Å². The summed E-state index contributed by atoms with van der Waals surface area (Å²) in [6, 6.07) is 7.07. The lowest BCUT2D eigenvalue weighted by Crippen LogP contribution is -2.24. The van der Waals surface area contributed by atoms with Crippen LogP contribution < -0.4 is 10.2 Å². The molecule has 2 nitrogen and oxygen atoms in total. The summed E-state index contributed by atoms with van der Waals surface area (Å²) in [5, 5.41) is 3.47. The Labute approximate surface area is 118 Å². The Bertz CT molecular complexity index is 387. The summed E-state index contributed by atoms with van der Waals surface area (Å²) in [6.45, 7) is 5.75. The van der Waals surface area contributed by atoms with Crippen molar-refractivity contribution in [3.05, 3.63) is 29.3 Å². The lowest BCUT2D eigenvalue weighted by Gasteiger charge is -2.27. The fourth-order valence-corrected chi connectivity index (χ4v) is 2.88. The minimum Gasteiger partial charge on any atom is -0.374 e. The molecular formula is C17H28N2. The average Bonchev–Trinajstić information content (AvgIpc) is 2.43. The van der Waals surface area contributed by atoms with Crippen LogP contribution in [0.15, 0.2) is 18.2 Å². The molecule has 0 amide bonds. The van der Waals surface area contributed by atoms with E-state index in [9.17, 15) is 0 Å². The largest absolute Gasteiger partial charge is 0.374 e. The van der Waals surface area contributed by atoms with Gasteiger partial charge in [0.2, 0.25) is 0 Å². The van der Waals surface area contributed by atoms with E-state index in [2.05, 4.69) is 42.4 Å². The van der Waals surface area contributed by atoms with Crippen molar-refractivity contribution in [3.8, 4) is 0 Å². The van der Waals surface area contributed by atoms with Gasteiger partial charge >= 0.3 is 0 Å². The Hall–Kier alpha value is -1.02. The summed E-state index contributed by atoms with van der Waals surface area (Å²) in [5.41, 5.74) is 4.51. The van der Waals surface area contributed by atoms with E-state index < -0.39 is 0 Å². The Morgan fingerprint density at radius 3 is 2.95 bits per heavy atom. The zero-order valence-corrected chi connectivity index (χ0v) is 12.5. The minimum atomic E-state index is 1.16. The number of hydrogen-bond acceptors (Lipinski definition) is 2. The molecule has 1 N–H and O–H groups in total. The number of benzene rings is 1. The van der Waals surface area contributed by atoms with Gasteiger partial charge in [-0.25, -0.2) is 0 Å². The standard InChI is InChI=1S/C17H28N2/c1-3-11-18-12-5-4-7-15-9-10-17-16(14-15)8-6-13-19(17)2/h9-10,14,18H,3-8,11-13H2,1-2H3. The zero-order valence-electron chi connectivity index (χ0n) is 12.5. The zero-order chi connectivity index (χ0) is 13.5. The Morgan fingerprint density at radius 1 is 1.21 bits per heavy atom. The molecule has 1 aliphatic rings. The number of fused-ring (bicyclic) bond motifs is 1. The fraction of sp³-hybridized carbons (Fsp3) is 0.647. The Kier molecular flexibility index (Phi) is 5.71. The molecule has 0 spiro atoms. The van der Waals surface area contributed by atoms with Crippen LogP contribution in [0.1, 0.15) is 43.7 Å². The molecule has 106 valence electrons. The maximum absolute atomic E-state index is 3.47. The second kappa shape index (κ2) is 7.54. The van der Waals surface area contributed by atoms with Crippen molar-refractivity contribution in [2.75, 3.05) is 31.6 Å². The van der Waals surface area contributed by atoms with Crippen molar-refractivity contribution >= 4 is 5.69 Å². The van der Waals surface area contributed by atoms with E-state index in [1.54, 1.807) is 5.56 Å². The van der Waals surface area contributed by atoms with E-state index in [4.69, 9.17) is 0 Å². The molecule has 0 bridgehead atoms. The third kappa shape index (κ3) is 4.24. The predicted molar refractivity (Wildman–Crippen MR) is 84.1 cm³/mol. The van der Waals surface area contributed by atoms with Crippen LogP contribution in [0.4, 0.5) is 5.69 Å². The lowest BCUT2D eigenvalue weighted by molar-refractivity contribution is 0.616. The highest BCUT2D eigenvalue weighted by atomic mass is 15.1. The highest BCUT2D eigenvalue weighted by molar-refractivity contribution is 5.56. The second-order valence-corrected chi connectivity index (χ2v) is 5.70. The third-order valence-electron chi connectivity index (χ3n) is 3.99. The Morgan fingerprint density at radius 2 is 2.11 bits per heavy atom. The fourth-order valence-electron chi connectivity index (χ4n) is 2.88. The van der Waals surface area contributed by atoms with Crippen LogP contribution in [0.5, 0.6) is 0 Å². The summed E-state index contributed by atoms with van der Waals surface area (Å²) in [6.07, 6.45) is 7.60. The molecule has 2 rings (SSSR count). The first-order valence-corrected chi connectivity index (χ1v) is 7.85. The first kappa shape index (κ1) is 14.4. The van der Waals surface area contributed by atoms with Crippen molar-refractivity contribution in [1.29, 1.82) is 0 Å². The molecule has 1 heterocycles. The van der Waals surface area contributed by atoms with Gasteiger partial charge in [-0.1, -0.05) is 19.1 Å². The molecule has 1 aromatic carbocycles. The monoisotopic (exact) mass is 260 g/mol. The van der Waals surface area contributed by atoms with Gasteiger partial charge in [-0.05, 0) is 68.8 Å². The highest BCUT2D eigenvalue weighted by Crippen LogP contribution is 2.27. The Balaban J connectivity index is 1.78. The molecule has 1 aliphatic heterocycles. The van der Waals surface area contributed by atoms with Crippen LogP contribution in [0, 0.1) is 0 Å². The van der Waals surface area contributed by atoms with E-state index in [1.165, 1.54) is 62.9 Å². The third-order valence-corrected chi connectivity index (χ3v) is 3.99. The molecule has 1 aromatic rings. The van der Waals surface area contributed by atoms with Crippen LogP contribution in [-0.4, -0.2) is 26.7 Å². The smallest absolute Gasteiger partial charge is 0.0396 e. The molecular weight excluding hydrogens is 232 g/mol. The van der Waals surface area contributed by atoms with Crippen molar-refractivity contribution in [2.24, 2.45) is 0 Å². The van der Waals surface area contributed by atoms with Gasteiger partial charge in [-0.3, -0.25) is 0 Å². The number of anilines is 1. The van der Waals surface area contributed by atoms with E-state index in [1.807, 2.05) is 0 Å². The van der Waals surface area contributed by atoms with E-state index >= 15 is 0 Å². The van der Waals surface area contributed by atoms with Gasteiger partial charge in [0.25, 0.3) is 0 Å². The van der Waals surface area contributed by atoms with E-state index in [0.717, 1.165) is 6.54 Å². The molecule has 0 unspecified atom stereocenters. The number of nitrogens with one attached hydrogen (secondary N) is 1. The van der Waals surface area contributed by atoms with Gasteiger partial charge in [-0.15, -0.1) is 0 Å². The summed E-state index contributed by atoms with van der Waals surface area (Å²) in [5.74, 6) is 0. The first-order chi connectivity index (χ1) is 9.31. The quantitative estimate of drug-likeness (QED) is 0.756. The maximum Gasteiger partial charge on any atom is 0.0396 e. The van der Waals surface area contributed by atoms with Crippen LogP contribution in [0.25, 0.3) is 0 Å². The predicted octanol–water partition coefficient (Wildman–Crippen LogP) is 3.39. The molecule has 0 aliphatic carbocycles. The van der Waals surface area contributed by atoms with Gasteiger partial charge in [-0.2, -0.15) is 0 Å². The molecule has 0 atom stereocenters. The number of rotatable bonds is 7. The summed E-state index contributed by atoms with van der Waals surface area (Å²) >= 11 is 0. The summed E-state index contributed by atoms with van der Waals surface area (Å²) < 4.78 is 0. The molecule has 0 radical (unpaired) electrons. The number of hydrogen-bond donors (Lipinski definition) is 1. The lowest BCUT2D eigenvalue weighted by atomic mass is 9.97. The van der Waals surface area contributed by atoms with E-state index in [-0.39, 0.29) is 0 Å². The summed E-state index contributed by atoms with van der Waals surface area (Å²) in [4.78, 5) is 2.39. The topological polar surface area (TPSA) is 15.3 Å². The first-order valence-electron chi connectivity index (χ1n) is 7.85. The molecule has 0 fully saturated rings.